The van der Waals surface area contributed by atoms with Crippen LogP contribution in [-0.2, 0) is 19.1 Å². The molecular weight excluding hydrogens is 270 g/mol. The largest absolute Gasteiger partial charge is 0.480 e. The van der Waals surface area contributed by atoms with E-state index in [1.54, 1.807) is 6.92 Å². The Morgan fingerprint density at radius 3 is 2.30 bits per heavy atom. The first-order valence-electron chi connectivity index (χ1n) is 5.94. The van der Waals surface area contributed by atoms with Gasteiger partial charge in [-0.3, -0.25) is 14.4 Å². The molecule has 114 valence electrons. The van der Waals surface area contributed by atoms with Gasteiger partial charge in [0.05, 0.1) is 13.1 Å². The normalized spacial score (nSPS) is 12.9. The lowest BCUT2D eigenvalue weighted by atomic mass is 9.87. The Balaban J connectivity index is 4.09. The summed E-state index contributed by atoms with van der Waals surface area (Å²) in [6, 6.07) is 0. The van der Waals surface area contributed by atoms with Gasteiger partial charge in [0.25, 0.3) is 0 Å². The molecule has 0 spiro atoms. The lowest BCUT2D eigenvalue weighted by Gasteiger charge is -2.21. The molecule has 0 aliphatic rings. The number of ether oxygens (including phenoxy) is 1. The van der Waals surface area contributed by atoms with E-state index in [4.69, 9.17) is 10.8 Å². The van der Waals surface area contributed by atoms with E-state index in [2.05, 4.69) is 15.4 Å². The maximum Gasteiger partial charge on any atom is 0.404 e. The highest BCUT2D eigenvalue weighted by atomic mass is 16.5. The molecule has 3 amide bonds. The zero-order chi connectivity index (χ0) is 15.8. The van der Waals surface area contributed by atoms with E-state index in [0.29, 0.717) is 0 Å². The third kappa shape index (κ3) is 5.55. The number of primary amides is 1. The summed E-state index contributed by atoms with van der Waals surface area (Å²) in [5.74, 6) is -2.53. The molecule has 5 N–H and O–H groups in total. The molecule has 0 saturated carbocycles. The van der Waals surface area contributed by atoms with Gasteiger partial charge in [-0.05, 0) is 13.3 Å². The molecule has 0 aromatic carbocycles. The molecule has 0 radical (unpaired) electrons. The Morgan fingerprint density at radius 1 is 1.25 bits per heavy atom. The van der Waals surface area contributed by atoms with Crippen LogP contribution in [0.15, 0.2) is 0 Å². The highest BCUT2D eigenvalue weighted by Crippen LogP contribution is 2.21. The van der Waals surface area contributed by atoms with E-state index in [1.165, 1.54) is 6.92 Å². The first-order chi connectivity index (χ1) is 9.24. The lowest BCUT2D eigenvalue weighted by Crippen LogP contribution is -2.47. The Kier molecular flexibility index (Phi) is 7.05. The number of hydrogen-bond acceptors (Lipinski definition) is 5. The molecule has 1 unspecified atom stereocenters. The topological polar surface area (TPSA) is 148 Å². The van der Waals surface area contributed by atoms with Gasteiger partial charge in [-0.1, -0.05) is 6.92 Å². The molecule has 9 nitrogen and oxygen atoms in total. The van der Waals surface area contributed by atoms with Crippen LogP contribution in [0.25, 0.3) is 0 Å². The molecule has 0 aromatic heterocycles. The highest BCUT2D eigenvalue weighted by Gasteiger charge is 2.39. The predicted molar refractivity (Wildman–Crippen MR) is 67.6 cm³/mol. The van der Waals surface area contributed by atoms with Crippen LogP contribution >= 0.6 is 0 Å². The van der Waals surface area contributed by atoms with Crippen LogP contribution in [0.4, 0.5) is 4.79 Å². The van der Waals surface area contributed by atoms with Crippen molar-refractivity contribution in [2.45, 2.75) is 20.3 Å². The van der Waals surface area contributed by atoms with Gasteiger partial charge in [-0.25, -0.2) is 4.79 Å². The van der Waals surface area contributed by atoms with Gasteiger partial charge >= 0.3 is 12.1 Å². The molecule has 0 bridgehead atoms. The molecule has 0 aromatic rings. The first-order valence-corrected chi connectivity index (χ1v) is 5.94. The zero-order valence-electron chi connectivity index (χ0n) is 11.4. The number of nitrogens with one attached hydrogen (secondary N) is 2. The van der Waals surface area contributed by atoms with E-state index in [-0.39, 0.29) is 26.1 Å². The number of carbonyl (C=O) groups excluding carboxylic acids is 3. The number of carboxylic acids is 1. The molecule has 0 rings (SSSR count). The van der Waals surface area contributed by atoms with E-state index < -0.39 is 29.3 Å². The maximum atomic E-state index is 11.7. The summed E-state index contributed by atoms with van der Waals surface area (Å²) >= 11 is 0. The number of amides is 3. The van der Waals surface area contributed by atoms with Crippen molar-refractivity contribution < 1.29 is 29.0 Å². The molecule has 0 fully saturated rings. The van der Waals surface area contributed by atoms with Crippen molar-refractivity contribution in [3.8, 4) is 0 Å². The monoisotopic (exact) mass is 289 g/mol. The van der Waals surface area contributed by atoms with E-state index in [9.17, 15) is 19.2 Å². The molecule has 0 aliphatic carbocycles. The second-order valence-corrected chi connectivity index (χ2v) is 4.19. The van der Waals surface area contributed by atoms with Crippen LogP contribution in [0.5, 0.6) is 0 Å². The average Bonchev–Trinajstić information content (AvgIpc) is 2.39. The van der Waals surface area contributed by atoms with Gasteiger partial charge in [0.2, 0.25) is 11.8 Å². The molecule has 20 heavy (non-hydrogen) atoms. The Hall–Kier alpha value is -2.32. The van der Waals surface area contributed by atoms with Gasteiger partial charge in [-0.15, -0.1) is 0 Å². The number of carboxylic acid groups (broad SMARTS) is 1. The van der Waals surface area contributed by atoms with Gasteiger partial charge in [0.1, 0.15) is 12.0 Å². The minimum atomic E-state index is -1.57. The summed E-state index contributed by atoms with van der Waals surface area (Å²) in [5.41, 5.74) is 3.14. The van der Waals surface area contributed by atoms with Gasteiger partial charge < -0.3 is 26.2 Å². The van der Waals surface area contributed by atoms with Crippen LogP contribution in [0.2, 0.25) is 0 Å². The summed E-state index contributed by atoms with van der Waals surface area (Å²) in [6.07, 6.45) is -0.852. The highest BCUT2D eigenvalue weighted by molar-refractivity contribution is 6.02. The molecule has 0 heterocycles. The SMILES string of the molecule is CCC(C)(C(=O)O)C(=O)NCC(=O)NCCOC(N)=O. The van der Waals surface area contributed by atoms with Crippen molar-refractivity contribution in [1.82, 2.24) is 10.6 Å². The van der Waals surface area contributed by atoms with Gasteiger partial charge in [0, 0.05) is 0 Å². The minimum Gasteiger partial charge on any atom is -0.480 e. The summed E-state index contributed by atoms with van der Waals surface area (Å²) in [4.78, 5) is 44.3. The standard InChI is InChI=1S/C11H19N3O6/c1-3-11(2,9(17)18)8(16)14-6-7(15)13-4-5-20-10(12)19/h3-6H2,1-2H3,(H2,12,19)(H,13,15)(H,14,16)(H,17,18). The molecular formula is C11H19N3O6. The number of hydrogen-bond donors (Lipinski definition) is 4. The van der Waals surface area contributed by atoms with Crippen LogP contribution < -0.4 is 16.4 Å². The fraction of sp³-hybridized carbons (Fsp3) is 0.636. The van der Waals surface area contributed by atoms with Crippen LogP contribution in [0.1, 0.15) is 20.3 Å². The summed E-state index contributed by atoms with van der Waals surface area (Å²) < 4.78 is 4.38. The Morgan fingerprint density at radius 2 is 1.85 bits per heavy atom. The number of rotatable bonds is 8. The predicted octanol–water partition coefficient (Wildman–Crippen LogP) is -1.18. The average molecular weight is 289 g/mol. The van der Waals surface area contributed by atoms with Crippen LogP contribution in [-0.4, -0.2) is 48.7 Å². The zero-order valence-corrected chi connectivity index (χ0v) is 11.4. The van der Waals surface area contributed by atoms with E-state index in [0.717, 1.165) is 0 Å². The molecule has 0 saturated heterocycles. The molecule has 1 atom stereocenters. The maximum absolute atomic E-state index is 11.7. The van der Waals surface area contributed by atoms with Crippen molar-refractivity contribution in [2.24, 2.45) is 11.1 Å². The lowest BCUT2D eigenvalue weighted by molar-refractivity contribution is -0.155. The van der Waals surface area contributed by atoms with Crippen molar-refractivity contribution in [3.63, 3.8) is 0 Å². The van der Waals surface area contributed by atoms with Crippen molar-refractivity contribution in [1.29, 1.82) is 0 Å². The first kappa shape index (κ1) is 17.7. The fourth-order valence-electron chi connectivity index (χ4n) is 1.17. The van der Waals surface area contributed by atoms with E-state index in [1.807, 2.05) is 0 Å². The number of aliphatic carboxylic acids is 1. The van der Waals surface area contributed by atoms with Crippen LogP contribution in [0.3, 0.4) is 0 Å². The summed E-state index contributed by atoms with van der Waals surface area (Å²) in [5, 5.41) is 13.6. The smallest absolute Gasteiger partial charge is 0.404 e. The van der Waals surface area contributed by atoms with Gasteiger partial charge in [0.15, 0.2) is 0 Å². The van der Waals surface area contributed by atoms with E-state index >= 15 is 0 Å². The van der Waals surface area contributed by atoms with Crippen molar-refractivity contribution >= 4 is 23.9 Å². The second-order valence-electron chi connectivity index (χ2n) is 4.19. The minimum absolute atomic E-state index is 0.0433. The van der Waals surface area contributed by atoms with Crippen molar-refractivity contribution in [2.75, 3.05) is 19.7 Å². The quantitative estimate of drug-likeness (QED) is 0.326. The summed E-state index contributed by atoms with van der Waals surface area (Å²) in [7, 11) is 0. The van der Waals surface area contributed by atoms with Crippen LogP contribution in [0, 0.1) is 5.41 Å². The summed E-state index contributed by atoms with van der Waals surface area (Å²) in [6.45, 7) is 2.44. The third-order valence-electron chi connectivity index (χ3n) is 2.76. The Bertz CT molecular complexity index is 398. The number of carbonyl (C=O) groups is 4. The molecule has 9 heteroatoms. The third-order valence-corrected chi connectivity index (χ3v) is 2.76. The van der Waals surface area contributed by atoms with Gasteiger partial charge in [-0.2, -0.15) is 0 Å². The molecule has 0 aliphatic heterocycles. The van der Waals surface area contributed by atoms with Crippen molar-refractivity contribution in [3.05, 3.63) is 0 Å². The number of nitrogens with two attached hydrogens (primary N) is 1. The fourth-order valence-corrected chi connectivity index (χ4v) is 1.17. The Labute approximate surface area is 115 Å². The second kappa shape index (κ2) is 7.97.